The average Bonchev–Trinajstić information content (AvgIpc) is 2.35. The zero-order valence-electron chi connectivity index (χ0n) is 10.9. The minimum atomic E-state index is -1.41. The lowest BCUT2D eigenvalue weighted by Crippen LogP contribution is -2.26. The molecule has 0 aromatic carbocycles. The zero-order chi connectivity index (χ0) is 12.5. The Balaban J connectivity index is 2.12. The van der Waals surface area contributed by atoms with Gasteiger partial charge >= 0.3 is 5.97 Å². The van der Waals surface area contributed by atoms with Crippen molar-refractivity contribution in [2.75, 3.05) is 0 Å². The Kier molecular flexibility index (Phi) is 7.22. The van der Waals surface area contributed by atoms with Gasteiger partial charge in [0.25, 0.3) is 0 Å². The van der Waals surface area contributed by atoms with Gasteiger partial charge in [-0.15, -0.1) is 0 Å². The fourth-order valence-corrected chi connectivity index (χ4v) is 2.29. The molecule has 0 radical (unpaired) electrons. The maximum Gasteiger partial charge on any atom is 0.340 e. The first-order valence-electron chi connectivity index (χ1n) is 7.08. The topological polar surface area (TPSA) is 26.3 Å². The van der Waals surface area contributed by atoms with Crippen LogP contribution in [0.1, 0.15) is 71.1 Å². The predicted octanol–water partition coefficient (Wildman–Crippen LogP) is 4.17. The van der Waals surface area contributed by atoms with Gasteiger partial charge in [-0.3, -0.25) is 0 Å². The number of esters is 1. The van der Waals surface area contributed by atoms with E-state index in [4.69, 9.17) is 4.74 Å². The van der Waals surface area contributed by atoms with E-state index in [2.05, 4.69) is 6.92 Å². The molecule has 1 saturated carbocycles. The maximum absolute atomic E-state index is 13.5. The summed E-state index contributed by atoms with van der Waals surface area (Å²) in [5.74, 6) is -0.631. The van der Waals surface area contributed by atoms with Crippen LogP contribution in [0.15, 0.2) is 0 Å². The summed E-state index contributed by atoms with van der Waals surface area (Å²) in [6.45, 7) is 2.12. The van der Waals surface area contributed by atoms with Gasteiger partial charge in [-0.25, -0.2) is 9.18 Å². The van der Waals surface area contributed by atoms with Crippen LogP contribution in [0.5, 0.6) is 0 Å². The first-order valence-corrected chi connectivity index (χ1v) is 7.08. The molecule has 3 heteroatoms. The lowest BCUT2D eigenvalue weighted by molar-refractivity contribution is -0.156. The lowest BCUT2D eigenvalue weighted by atomic mass is 9.98. The van der Waals surface area contributed by atoms with Gasteiger partial charge in [0.1, 0.15) is 6.10 Å². The second-order valence-electron chi connectivity index (χ2n) is 5.01. The molecule has 100 valence electrons. The molecule has 2 nitrogen and oxygen atoms in total. The second kappa shape index (κ2) is 8.48. The van der Waals surface area contributed by atoms with Crippen LogP contribution in [0.2, 0.25) is 0 Å². The molecule has 1 fully saturated rings. The molecule has 17 heavy (non-hydrogen) atoms. The van der Waals surface area contributed by atoms with E-state index in [9.17, 15) is 9.18 Å². The van der Waals surface area contributed by atoms with Crippen molar-refractivity contribution < 1.29 is 13.9 Å². The molecule has 1 aliphatic carbocycles. The fourth-order valence-electron chi connectivity index (χ4n) is 2.29. The molecule has 0 aromatic rings. The molecule has 1 rings (SSSR count). The Morgan fingerprint density at radius 1 is 1.24 bits per heavy atom. The molecule has 0 saturated heterocycles. The molecule has 1 aliphatic rings. The number of unbranched alkanes of at least 4 members (excludes halogenated alkanes) is 3. The van der Waals surface area contributed by atoms with Crippen molar-refractivity contribution in [2.45, 2.75) is 83.4 Å². The zero-order valence-corrected chi connectivity index (χ0v) is 10.9. The van der Waals surface area contributed by atoms with E-state index in [0.29, 0.717) is 6.42 Å². The standard InChI is InChI=1S/C14H25FO2/c1-2-3-4-8-11-13(15)14(16)17-12-9-6-5-7-10-12/h12-13H,2-11H2,1H3/t13-/m0/s1. The quantitative estimate of drug-likeness (QED) is 0.496. The highest BCUT2D eigenvalue weighted by atomic mass is 19.1. The Bertz CT molecular complexity index is 212. The third-order valence-corrected chi connectivity index (χ3v) is 3.40. The summed E-state index contributed by atoms with van der Waals surface area (Å²) in [4.78, 5) is 11.5. The van der Waals surface area contributed by atoms with E-state index < -0.39 is 12.1 Å². The molecule has 1 atom stereocenters. The van der Waals surface area contributed by atoms with Gasteiger partial charge in [0, 0.05) is 0 Å². The maximum atomic E-state index is 13.5. The highest BCUT2D eigenvalue weighted by Gasteiger charge is 2.23. The summed E-state index contributed by atoms with van der Waals surface area (Å²) >= 11 is 0. The van der Waals surface area contributed by atoms with Crippen molar-refractivity contribution in [1.29, 1.82) is 0 Å². The number of rotatable bonds is 7. The molecule has 0 aromatic heterocycles. The number of carbonyl (C=O) groups is 1. The number of halogens is 1. The van der Waals surface area contributed by atoms with Gasteiger partial charge in [-0.1, -0.05) is 32.6 Å². The Morgan fingerprint density at radius 2 is 1.94 bits per heavy atom. The highest BCUT2D eigenvalue weighted by Crippen LogP contribution is 2.21. The molecule has 0 spiro atoms. The first-order chi connectivity index (χ1) is 8.24. The van der Waals surface area contributed by atoms with Crippen LogP contribution in [0.25, 0.3) is 0 Å². The van der Waals surface area contributed by atoms with Crippen LogP contribution in [0, 0.1) is 0 Å². The average molecular weight is 244 g/mol. The monoisotopic (exact) mass is 244 g/mol. The molecule has 0 amide bonds. The minimum absolute atomic E-state index is 0.0230. The van der Waals surface area contributed by atoms with Gasteiger partial charge in [0.05, 0.1) is 0 Å². The molecular weight excluding hydrogens is 219 g/mol. The van der Waals surface area contributed by atoms with E-state index in [-0.39, 0.29) is 6.10 Å². The van der Waals surface area contributed by atoms with Crippen LogP contribution in [0.4, 0.5) is 4.39 Å². The summed E-state index contributed by atoms with van der Waals surface area (Å²) in [6, 6.07) is 0. The second-order valence-corrected chi connectivity index (χ2v) is 5.01. The van der Waals surface area contributed by atoms with Gasteiger partial charge in [0.15, 0.2) is 6.17 Å². The van der Waals surface area contributed by atoms with E-state index in [1.807, 2.05) is 0 Å². The third kappa shape index (κ3) is 6.04. The molecule has 0 aliphatic heterocycles. The number of hydrogen-bond donors (Lipinski definition) is 0. The van der Waals surface area contributed by atoms with E-state index in [1.54, 1.807) is 0 Å². The van der Waals surface area contributed by atoms with Crippen molar-refractivity contribution >= 4 is 5.97 Å². The van der Waals surface area contributed by atoms with Crippen LogP contribution < -0.4 is 0 Å². The summed E-state index contributed by atoms with van der Waals surface area (Å²) in [5.41, 5.74) is 0. The number of carbonyl (C=O) groups excluding carboxylic acids is 1. The fraction of sp³-hybridized carbons (Fsp3) is 0.929. The normalized spacial score (nSPS) is 18.9. The SMILES string of the molecule is CCCCCC[C@H](F)C(=O)OC1CCCCC1. The number of ether oxygens (including phenoxy) is 1. The Labute approximate surface area is 104 Å². The van der Waals surface area contributed by atoms with Gasteiger partial charge < -0.3 is 4.74 Å². The van der Waals surface area contributed by atoms with Crippen molar-refractivity contribution in [1.82, 2.24) is 0 Å². The van der Waals surface area contributed by atoms with Crippen LogP contribution in [-0.4, -0.2) is 18.2 Å². The molecular formula is C14H25FO2. The summed E-state index contributed by atoms with van der Waals surface area (Å²) in [6.07, 6.45) is 8.17. The molecule has 0 N–H and O–H groups in total. The number of alkyl halides is 1. The predicted molar refractivity (Wildman–Crippen MR) is 66.6 cm³/mol. The summed E-state index contributed by atoms with van der Waals surface area (Å²) in [5, 5.41) is 0. The molecule has 0 bridgehead atoms. The van der Waals surface area contributed by atoms with Crippen LogP contribution >= 0.6 is 0 Å². The Morgan fingerprint density at radius 3 is 2.59 bits per heavy atom. The smallest absolute Gasteiger partial charge is 0.340 e. The minimum Gasteiger partial charge on any atom is -0.460 e. The first kappa shape index (κ1) is 14.5. The van der Waals surface area contributed by atoms with E-state index in [0.717, 1.165) is 51.4 Å². The third-order valence-electron chi connectivity index (χ3n) is 3.40. The van der Waals surface area contributed by atoms with Gasteiger partial charge in [-0.05, 0) is 38.5 Å². The molecule has 0 unspecified atom stereocenters. The van der Waals surface area contributed by atoms with Crippen molar-refractivity contribution in [3.05, 3.63) is 0 Å². The van der Waals surface area contributed by atoms with Crippen LogP contribution in [0.3, 0.4) is 0 Å². The van der Waals surface area contributed by atoms with Crippen molar-refractivity contribution in [2.24, 2.45) is 0 Å². The summed E-state index contributed by atoms with van der Waals surface area (Å²) < 4.78 is 18.7. The largest absolute Gasteiger partial charge is 0.460 e. The Hall–Kier alpha value is -0.600. The summed E-state index contributed by atoms with van der Waals surface area (Å²) in [7, 11) is 0. The van der Waals surface area contributed by atoms with Gasteiger partial charge in [-0.2, -0.15) is 0 Å². The highest BCUT2D eigenvalue weighted by molar-refractivity contribution is 5.74. The van der Waals surface area contributed by atoms with Crippen molar-refractivity contribution in [3.63, 3.8) is 0 Å². The lowest BCUT2D eigenvalue weighted by Gasteiger charge is -2.22. The van der Waals surface area contributed by atoms with Crippen LogP contribution in [-0.2, 0) is 9.53 Å². The van der Waals surface area contributed by atoms with E-state index in [1.165, 1.54) is 6.42 Å². The van der Waals surface area contributed by atoms with Gasteiger partial charge in [0.2, 0.25) is 0 Å². The van der Waals surface area contributed by atoms with Crippen molar-refractivity contribution in [3.8, 4) is 0 Å². The molecule has 0 heterocycles. The number of hydrogen-bond acceptors (Lipinski definition) is 2. The van der Waals surface area contributed by atoms with E-state index >= 15 is 0 Å².